The Morgan fingerprint density at radius 3 is 2.42 bits per heavy atom. The van der Waals surface area contributed by atoms with Gasteiger partial charge in [0.1, 0.15) is 5.69 Å². The molecule has 182 valence electrons. The summed E-state index contributed by atoms with van der Waals surface area (Å²) < 4.78 is 1.27. The number of nitrogens with one attached hydrogen (secondary N) is 2. The average Bonchev–Trinajstić information content (AvgIpc) is 2.90. The summed E-state index contributed by atoms with van der Waals surface area (Å²) >= 11 is 5.94. The Morgan fingerprint density at radius 1 is 0.889 bits per heavy atom. The first-order valence-corrected chi connectivity index (χ1v) is 11.8. The number of fused-ring (bicyclic) bond motifs is 1. The Morgan fingerprint density at radius 2 is 1.67 bits per heavy atom. The summed E-state index contributed by atoms with van der Waals surface area (Å²) in [6.07, 6.45) is 2.79. The van der Waals surface area contributed by atoms with Crippen LogP contribution in [0.25, 0.3) is 5.65 Å². The van der Waals surface area contributed by atoms with Crippen molar-refractivity contribution < 1.29 is 9.59 Å². The molecule has 2 aromatic heterocycles. The fourth-order valence-corrected chi connectivity index (χ4v) is 4.38. The van der Waals surface area contributed by atoms with Gasteiger partial charge in [0.2, 0.25) is 0 Å². The fraction of sp³-hybridized carbons (Fsp3) is 0.154. The number of para-hydroxylation sites is 1. The van der Waals surface area contributed by atoms with E-state index in [1.54, 1.807) is 41.3 Å². The number of halogens is 1. The quantitative estimate of drug-likeness (QED) is 0.440. The third-order valence-corrected chi connectivity index (χ3v) is 6.22. The summed E-state index contributed by atoms with van der Waals surface area (Å²) in [5.74, 6) is -0.188. The number of carbonyl (C=O) groups excluding carboxylic acids is 2. The highest BCUT2D eigenvalue weighted by Gasteiger charge is 2.24. The molecule has 0 unspecified atom stereocenters. The normalized spacial score (nSPS) is 13.5. The van der Waals surface area contributed by atoms with Crippen LogP contribution in [0.15, 0.2) is 83.9 Å². The van der Waals surface area contributed by atoms with Crippen LogP contribution < -0.4 is 21.1 Å². The highest BCUT2D eigenvalue weighted by Crippen LogP contribution is 2.19. The molecule has 9 nitrogen and oxygen atoms in total. The lowest BCUT2D eigenvalue weighted by atomic mass is 10.2. The molecule has 5 rings (SSSR count). The van der Waals surface area contributed by atoms with Crippen LogP contribution in [0.5, 0.6) is 0 Å². The Hall–Kier alpha value is -4.37. The van der Waals surface area contributed by atoms with Crippen molar-refractivity contribution in [1.29, 1.82) is 0 Å². The predicted molar refractivity (Wildman–Crippen MR) is 140 cm³/mol. The second kappa shape index (κ2) is 10.1. The van der Waals surface area contributed by atoms with Gasteiger partial charge in [0.15, 0.2) is 5.65 Å². The molecule has 1 saturated heterocycles. The van der Waals surface area contributed by atoms with Gasteiger partial charge < -0.3 is 20.4 Å². The molecule has 1 aliphatic heterocycles. The number of carbonyl (C=O) groups is 2. The highest BCUT2D eigenvalue weighted by atomic mass is 35.5. The lowest BCUT2D eigenvalue weighted by molar-refractivity contribution is 0.0748. The lowest BCUT2D eigenvalue weighted by Gasteiger charge is -2.36. The van der Waals surface area contributed by atoms with Crippen molar-refractivity contribution in [2.45, 2.75) is 0 Å². The van der Waals surface area contributed by atoms with E-state index in [4.69, 9.17) is 11.6 Å². The number of rotatable bonds is 4. The second-order valence-corrected chi connectivity index (χ2v) is 8.73. The van der Waals surface area contributed by atoms with Crippen molar-refractivity contribution in [1.82, 2.24) is 14.3 Å². The molecular formula is C26H23ClN6O3. The van der Waals surface area contributed by atoms with E-state index < -0.39 is 11.6 Å². The van der Waals surface area contributed by atoms with Crippen LogP contribution in [-0.2, 0) is 0 Å². The zero-order chi connectivity index (χ0) is 25.1. The highest BCUT2D eigenvalue weighted by molar-refractivity contribution is 6.30. The number of hydrogen-bond donors (Lipinski definition) is 2. The van der Waals surface area contributed by atoms with Gasteiger partial charge in [0, 0.05) is 48.8 Å². The maximum atomic E-state index is 13.3. The van der Waals surface area contributed by atoms with E-state index in [2.05, 4.69) is 32.7 Å². The molecule has 36 heavy (non-hydrogen) atoms. The molecule has 3 amide bonds. The minimum absolute atomic E-state index is 0.0203. The number of anilines is 3. The molecule has 4 aromatic rings. The van der Waals surface area contributed by atoms with Gasteiger partial charge in [-0.1, -0.05) is 35.9 Å². The number of benzene rings is 2. The number of hydrogen-bond acceptors (Lipinski definition) is 5. The molecule has 1 fully saturated rings. The summed E-state index contributed by atoms with van der Waals surface area (Å²) in [6.45, 7) is 2.54. The Labute approximate surface area is 211 Å². The van der Waals surface area contributed by atoms with Crippen molar-refractivity contribution in [2.75, 3.05) is 41.7 Å². The molecule has 0 radical (unpaired) electrons. The maximum Gasteiger partial charge on any atom is 0.323 e. The van der Waals surface area contributed by atoms with Gasteiger partial charge in [0.05, 0.1) is 11.8 Å². The van der Waals surface area contributed by atoms with Gasteiger partial charge in [-0.15, -0.1) is 0 Å². The van der Waals surface area contributed by atoms with E-state index >= 15 is 0 Å². The van der Waals surface area contributed by atoms with E-state index in [9.17, 15) is 14.4 Å². The number of amides is 3. The summed E-state index contributed by atoms with van der Waals surface area (Å²) in [5.41, 5.74) is 1.66. The number of aromatic nitrogens is 2. The molecule has 1 aliphatic rings. The van der Waals surface area contributed by atoms with Crippen LogP contribution in [0.1, 0.15) is 10.4 Å². The van der Waals surface area contributed by atoms with Crippen molar-refractivity contribution in [3.63, 3.8) is 0 Å². The molecule has 0 saturated carbocycles. The van der Waals surface area contributed by atoms with Crippen LogP contribution in [0.3, 0.4) is 0 Å². The monoisotopic (exact) mass is 502 g/mol. The summed E-state index contributed by atoms with van der Waals surface area (Å²) in [7, 11) is 0. The Balaban J connectivity index is 1.32. The predicted octanol–water partition coefficient (Wildman–Crippen LogP) is 3.95. The molecule has 0 bridgehead atoms. The summed E-state index contributed by atoms with van der Waals surface area (Å²) in [4.78, 5) is 47.1. The van der Waals surface area contributed by atoms with E-state index in [0.717, 1.165) is 5.69 Å². The van der Waals surface area contributed by atoms with E-state index in [0.29, 0.717) is 42.5 Å². The van der Waals surface area contributed by atoms with Crippen molar-refractivity contribution in [2.24, 2.45) is 0 Å². The van der Waals surface area contributed by atoms with Crippen LogP contribution in [0, 0.1) is 0 Å². The van der Waals surface area contributed by atoms with Crippen LogP contribution in [0.2, 0.25) is 5.02 Å². The maximum absolute atomic E-state index is 13.3. The van der Waals surface area contributed by atoms with Crippen molar-refractivity contribution in [3.05, 3.63) is 100 Å². The van der Waals surface area contributed by atoms with E-state index in [1.165, 1.54) is 16.8 Å². The fourth-order valence-electron chi connectivity index (χ4n) is 4.19. The second-order valence-electron chi connectivity index (χ2n) is 8.30. The van der Waals surface area contributed by atoms with Gasteiger partial charge in [-0.2, -0.15) is 0 Å². The Kier molecular flexibility index (Phi) is 6.55. The molecule has 10 heteroatoms. The van der Waals surface area contributed by atoms with E-state index in [1.807, 2.05) is 18.2 Å². The van der Waals surface area contributed by atoms with Crippen LogP contribution in [-0.4, -0.2) is 52.4 Å². The van der Waals surface area contributed by atoms with Gasteiger partial charge >= 0.3 is 6.03 Å². The third kappa shape index (κ3) is 4.87. The molecule has 3 heterocycles. The summed E-state index contributed by atoms with van der Waals surface area (Å²) in [6, 6.07) is 19.4. The molecule has 2 N–H and O–H groups in total. The van der Waals surface area contributed by atoms with Gasteiger partial charge in [0.25, 0.3) is 11.5 Å². The minimum atomic E-state index is -0.611. The first-order valence-electron chi connectivity index (χ1n) is 11.4. The first-order chi connectivity index (χ1) is 17.5. The molecule has 0 aliphatic carbocycles. The largest absolute Gasteiger partial charge is 0.368 e. The molecular weight excluding hydrogens is 480 g/mol. The summed E-state index contributed by atoms with van der Waals surface area (Å²) in [5, 5.41) is 5.60. The molecule has 0 spiro atoms. The topological polar surface area (TPSA) is 99.0 Å². The van der Waals surface area contributed by atoms with Gasteiger partial charge in [-0.05, 0) is 42.5 Å². The molecule has 2 aromatic carbocycles. The molecule has 0 atom stereocenters. The average molecular weight is 503 g/mol. The van der Waals surface area contributed by atoms with Gasteiger partial charge in [-0.25, -0.2) is 9.78 Å². The minimum Gasteiger partial charge on any atom is -0.368 e. The third-order valence-electron chi connectivity index (χ3n) is 5.98. The number of urea groups is 1. The van der Waals surface area contributed by atoms with Gasteiger partial charge in [-0.3, -0.25) is 14.0 Å². The Bertz CT molecular complexity index is 1480. The first kappa shape index (κ1) is 23.4. The van der Waals surface area contributed by atoms with Crippen molar-refractivity contribution in [3.8, 4) is 0 Å². The number of piperazine rings is 1. The van der Waals surface area contributed by atoms with Crippen LogP contribution in [0.4, 0.5) is 21.9 Å². The number of nitrogens with zero attached hydrogens (tertiary/aromatic N) is 4. The van der Waals surface area contributed by atoms with Crippen LogP contribution >= 0.6 is 11.6 Å². The number of pyridine rings is 1. The SMILES string of the molecule is O=C(Nc1cccc(Cl)c1)Nc1cnc2c(C(=O)N3CCN(c4ccccc4)CC3)cccn2c1=O. The zero-order valence-electron chi connectivity index (χ0n) is 19.2. The van der Waals surface area contributed by atoms with E-state index in [-0.39, 0.29) is 17.2 Å². The lowest BCUT2D eigenvalue weighted by Crippen LogP contribution is -2.49. The smallest absolute Gasteiger partial charge is 0.323 e. The standard InChI is InChI=1S/C26H23ClN6O3/c27-18-6-4-7-19(16-18)29-26(36)30-22-17-28-23-21(10-5-11-33(23)25(22)35)24(34)32-14-12-31(13-15-32)20-8-2-1-3-9-20/h1-11,16-17H,12-15H2,(H2,29,30,36). The zero-order valence-corrected chi connectivity index (χ0v) is 20.0. The van der Waals surface area contributed by atoms with Crippen molar-refractivity contribution >= 4 is 46.2 Å².